The van der Waals surface area contributed by atoms with Crippen molar-refractivity contribution in [1.29, 1.82) is 0 Å². The number of anilines is 4. The number of nitrogens with one attached hydrogen (secondary N) is 4. The third-order valence-corrected chi connectivity index (χ3v) is 5.85. The number of rotatable bonds is 4. The van der Waals surface area contributed by atoms with Crippen molar-refractivity contribution in [2.75, 3.05) is 17.2 Å². The topological polar surface area (TPSA) is 73.9 Å². The van der Waals surface area contributed by atoms with Crippen molar-refractivity contribution in [2.24, 2.45) is 0 Å². The summed E-state index contributed by atoms with van der Waals surface area (Å²) >= 11 is 0. The lowest BCUT2D eigenvalue weighted by Crippen LogP contribution is -2.23. The molecule has 0 spiro atoms. The van der Waals surface area contributed by atoms with Crippen LogP contribution in [-0.2, 0) is 19.5 Å². The van der Waals surface area contributed by atoms with Gasteiger partial charge in [-0.25, -0.2) is 4.98 Å². The molecular formula is C24H26N6. The Balaban J connectivity index is 1.44. The van der Waals surface area contributed by atoms with Crippen molar-refractivity contribution in [3.05, 3.63) is 76.5 Å². The van der Waals surface area contributed by atoms with E-state index in [4.69, 9.17) is 4.98 Å². The van der Waals surface area contributed by atoms with Crippen LogP contribution in [0.2, 0.25) is 0 Å². The SMILES string of the molecule is C=C1NCc2cccc(Nc3nc(Nc4cc5c(cc4C)CNCC5)ncc3C)c21. The Morgan fingerprint density at radius 2 is 1.87 bits per heavy atom. The van der Waals surface area contributed by atoms with Gasteiger partial charge in [-0.2, -0.15) is 4.98 Å². The zero-order chi connectivity index (χ0) is 20.7. The van der Waals surface area contributed by atoms with E-state index in [2.05, 4.69) is 70.1 Å². The molecule has 0 amide bonds. The van der Waals surface area contributed by atoms with Crippen LogP contribution in [0, 0.1) is 13.8 Å². The molecule has 152 valence electrons. The van der Waals surface area contributed by atoms with Gasteiger partial charge in [-0.1, -0.05) is 24.8 Å². The summed E-state index contributed by atoms with van der Waals surface area (Å²) in [5.74, 6) is 1.38. The summed E-state index contributed by atoms with van der Waals surface area (Å²) in [5.41, 5.74) is 10.3. The normalized spacial score (nSPS) is 14.7. The molecule has 0 unspecified atom stereocenters. The third kappa shape index (κ3) is 3.39. The van der Waals surface area contributed by atoms with E-state index < -0.39 is 0 Å². The van der Waals surface area contributed by atoms with Crippen LogP contribution < -0.4 is 21.3 Å². The summed E-state index contributed by atoms with van der Waals surface area (Å²) in [7, 11) is 0. The lowest BCUT2D eigenvalue weighted by Gasteiger charge is -2.20. The Kier molecular flexibility index (Phi) is 4.64. The smallest absolute Gasteiger partial charge is 0.229 e. The summed E-state index contributed by atoms with van der Waals surface area (Å²) in [4.78, 5) is 9.28. The molecule has 6 heteroatoms. The van der Waals surface area contributed by atoms with E-state index in [9.17, 15) is 0 Å². The van der Waals surface area contributed by atoms with Gasteiger partial charge >= 0.3 is 0 Å². The highest BCUT2D eigenvalue weighted by Crippen LogP contribution is 2.33. The van der Waals surface area contributed by atoms with Gasteiger partial charge in [0, 0.05) is 47.5 Å². The highest BCUT2D eigenvalue weighted by molar-refractivity contribution is 5.82. The molecule has 2 aromatic carbocycles. The Hall–Kier alpha value is -3.38. The second kappa shape index (κ2) is 7.46. The molecule has 4 N–H and O–H groups in total. The summed E-state index contributed by atoms with van der Waals surface area (Å²) in [6.45, 7) is 11.0. The molecule has 30 heavy (non-hydrogen) atoms. The van der Waals surface area contributed by atoms with E-state index in [1.807, 2.05) is 13.1 Å². The molecule has 0 atom stereocenters. The van der Waals surface area contributed by atoms with Crippen molar-refractivity contribution in [2.45, 2.75) is 33.4 Å². The van der Waals surface area contributed by atoms with E-state index in [1.54, 1.807) is 0 Å². The van der Waals surface area contributed by atoms with Crippen molar-refractivity contribution in [3.8, 4) is 0 Å². The molecule has 5 rings (SSSR count). The second-order valence-electron chi connectivity index (χ2n) is 8.01. The lowest BCUT2D eigenvalue weighted by atomic mass is 9.97. The van der Waals surface area contributed by atoms with E-state index in [0.717, 1.165) is 60.1 Å². The van der Waals surface area contributed by atoms with Gasteiger partial charge < -0.3 is 21.3 Å². The van der Waals surface area contributed by atoms with Gasteiger partial charge in [-0.3, -0.25) is 0 Å². The first-order valence-electron chi connectivity index (χ1n) is 10.3. The zero-order valence-corrected chi connectivity index (χ0v) is 17.4. The minimum absolute atomic E-state index is 0.588. The van der Waals surface area contributed by atoms with Crippen LogP contribution in [0.5, 0.6) is 0 Å². The molecule has 0 radical (unpaired) electrons. The van der Waals surface area contributed by atoms with Crippen LogP contribution in [0.1, 0.15) is 33.4 Å². The average molecular weight is 399 g/mol. The second-order valence-corrected chi connectivity index (χ2v) is 8.01. The Labute approximate surface area is 176 Å². The largest absolute Gasteiger partial charge is 0.381 e. The quantitative estimate of drug-likeness (QED) is 0.525. The van der Waals surface area contributed by atoms with Gasteiger partial charge in [0.25, 0.3) is 0 Å². The summed E-state index contributed by atoms with van der Waals surface area (Å²) < 4.78 is 0. The van der Waals surface area contributed by atoms with E-state index in [1.165, 1.54) is 22.3 Å². The van der Waals surface area contributed by atoms with Gasteiger partial charge in [0.1, 0.15) is 5.82 Å². The highest BCUT2D eigenvalue weighted by atomic mass is 15.1. The molecule has 0 aliphatic carbocycles. The van der Waals surface area contributed by atoms with Gasteiger partial charge in [-0.05, 0) is 61.2 Å². The van der Waals surface area contributed by atoms with Crippen LogP contribution in [0.4, 0.5) is 23.1 Å². The Morgan fingerprint density at radius 3 is 2.77 bits per heavy atom. The average Bonchev–Trinajstić information content (AvgIpc) is 3.13. The molecule has 1 aromatic heterocycles. The van der Waals surface area contributed by atoms with E-state index in [0.29, 0.717) is 5.95 Å². The number of aromatic nitrogens is 2. The summed E-state index contributed by atoms with van der Waals surface area (Å²) in [6.07, 6.45) is 2.90. The number of hydrogen-bond donors (Lipinski definition) is 4. The van der Waals surface area contributed by atoms with Crippen LogP contribution in [0.15, 0.2) is 43.1 Å². The molecule has 6 nitrogen and oxygen atoms in total. The summed E-state index contributed by atoms with van der Waals surface area (Å²) in [6, 6.07) is 10.7. The minimum Gasteiger partial charge on any atom is -0.381 e. The minimum atomic E-state index is 0.588. The van der Waals surface area contributed by atoms with Gasteiger partial charge in [-0.15, -0.1) is 0 Å². The Morgan fingerprint density at radius 1 is 0.967 bits per heavy atom. The van der Waals surface area contributed by atoms with Gasteiger partial charge in [0.05, 0.1) is 0 Å². The fourth-order valence-electron chi connectivity index (χ4n) is 4.17. The monoisotopic (exact) mass is 398 g/mol. The number of nitrogens with zero attached hydrogens (tertiary/aromatic N) is 2. The van der Waals surface area contributed by atoms with Crippen LogP contribution in [0.3, 0.4) is 0 Å². The molecule has 3 heterocycles. The number of benzene rings is 2. The standard InChI is InChI=1S/C24H26N6/c1-14-9-19-12-25-8-7-17(19)10-21(14)29-24-27-11-15(2)23(30-24)28-20-6-4-5-18-13-26-16(3)22(18)20/h4-6,9-11,25-26H,3,7-8,12-13H2,1-2H3,(H2,27,28,29,30). The van der Waals surface area contributed by atoms with Crippen molar-refractivity contribution in [1.82, 2.24) is 20.6 Å². The van der Waals surface area contributed by atoms with Crippen LogP contribution in [0.25, 0.3) is 5.70 Å². The van der Waals surface area contributed by atoms with Crippen molar-refractivity contribution in [3.63, 3.8) is 0 Å². The van der Waals surface area contributed by atoms with Crippen LogP contribution in [-0.4, -0.2) is 16.5 Å². The lowest BCUT2D eigenvalue weighted by molar-refractivity contribution is 0.643. The maximum atomic E-state index is 4.77. The first-order valence-corrected chi connectivity index (χ1v) is 10.3. The molecule has 2 aliphatic heterocycles. The Bertz CT molecular complexity index is 1150. The molecule has 0 fully saturated rings. The van der Waals surface area contributed by atoms with Crippen molar-refractivity contribution < 1.29 is 0 Å². The molecule has 3 aromatic rings. The van der Waals surface area contributed by atoms with Gasteiger partial charge in [0.15, 0.2) is 0 Å². The fraction of sp³-hybridized carbons (Fsp3) is 0.250. The molecule has 2 aliphatic rings. The first-order chi connectivity index (χ1) is 14.6. The predicted octanol–water partition coefficient (Wildman–Crippen LogP) is 4.30. The number of fused-ring (bicyclic) bond motifs is 2. The maximum Gasteiger partial charge on any atom is 0.229 e. The fourth-order valence-corrected chi connectivity index (χ4v) is 4.17. The zero-order valence-electron chi connectivity index (χ0n) is 17.4. The van der Waals surface area contributed by atoms with Crippen LogP contribution >= 0.6 is 0 Å². The molecule has 0 bridgehead atoms. The predicted molar refractivity (Wildman–Crippen MR) is 122 cm³/mol. The van der Waals surface area contributed by atoms with Gasteiger partial charge in [0.2, 0.25) is 5.95 Å². The number of aryl methyl sites for hydroxylation is 2. The molecular weight excluding hydrogens is 372 g/mol. The highest BCUT2D eigenvalue weighted by Gasteiger charge is 2.18. The third-order valence-electron chi connectivity index (χ3n) is 5.85. The maximum absolute atomic E-state index is 4.77. The van der Waals surface area contributed by atoms with E-state index in [-0.39, 0.29) is 0 Å². The van der Waals surface area contributed by atoms with E-state index >= 15 is 0 Å². The van der Waals surface area contributed by atoms with Crippen molar-refractivity contribution >= 4 is 28.8 Å². The summed E-state index contributed by atoms with van der Waals surface area (Å²) in [5, 5.41) is 13.7. The number of hydrogen-bond acceptors (Lipinski definition) is 6. The first kappa shape index (κ1) is 18.6. The molecule has 0 saturated carbocycles. The molecule has 0 saturated heterocycles.